The Morgan fingerprint density at radius 3 is 2.16 bits per heavy atom. The van der Waals surface area contributed by atoms with E-state index in [0.29, 0.717) is 0 Å². The molecule has 0 bridgehead atoms. The van der Waals surface area contributed by atoms with Gasteiger partial charge in [0.1, 0.15) is 5.75 Å². The Hall–Kier alpha value is -2.28. The van der Waals surface area contributed by atoms with Gasteiger partial charge in [-0.25, -0.2) is 4.79 Å². The normalized spacial score (nSPS) is 17.0. The summed E-state index contributed by atoms with van der Waals surface area (Å²) in [7, 11) is 0. The third-order valence-electron chi connectivity index (χ3n) is 4.18. The highest BCUT2D eigenvalue weighted by Crippen LogP contribution is 2.20. The minimum Gasteiger partial charge on any atom is -0.508 e. The number of urea groups is 1. The largest absolute Gasteiger partial charge is 0.508 e. The molecular weight excluding hydrogens is 320 g/mol. The van der Waals surface area contributed by atoms with Gasteiger partial charge in [0.25, 0.3) is 0 Å². The molecule has 1 aliphatic rings. The van der Waals surface area contributed by atoms with Crippen molar-refractivity contribution >= 4 is 17.6 Å². The first-order valence-electron chi connectivity index (χ1n) is 8.57. The second-order valence-corrected chi connectivity index (χ2v) is 7.41. The van der Waals surface area contributed by atoms with Crippen molar-refractivity contribution in [1.29, 1.82) is 0 Å². The lowest BCUT2D eigenvalue weighted by atomic mass is 10.1. The third-order valence-corrected chi connectivity index (χ3v) is 4.18. The number of aromatic hydroxyl groups is 1. The van der Waals surface area contributed by atoms with E-state index in [1.54, 1.807) is 12.1 Å². The fourth-order valence-corrected chi connectivity index (χ4v) is 2.78. The van der Waals surface area contributed by atoms with Crippen molar-refractivity contribution in [2.45, 2.75) is 39.3 Å². The molecule has 1 saturated heterocycles. The smallest absolute Gasteiger partial charge is 0.321 e. The van der Waals surface area contributed by atoms with E-state index < -0.39 is 6.03 Å². The van der Waals surface area contributed by atoms with Crippen molar-refractivity contribution in [2.24, 2.45) is 0 Å². The number of benzene rings is 1. The van der Waals surface area contributed by atoms with Crippen molar-refractivity contribution in [1.82, 2.24) is 15.5 Å². The molecule has 0 aliphatic carbocycles. The summed E-state index contributed by atoms with van der Waals surface area (Å²) in [4.78, 5) is 28.4. The van der Waals surface area contributed by atoms with E-state index in [4.69, 9.17) is 0 Å². The van der Waals surface area contributed by atoms with Gasteiger partial charge >= 0.3 is 6.03 Å². The van der Waals surface area contributed by atoms with Crippen LogP contribution in [0.4, 0.5) is 10.5 Å². The van der Waals surface area contributed by atoms with E-state index in [2.05, 4.69) is 20.4 Å². The van der Waals surface area contributed by atoms with Crippen molar-refractivity contribution in [3.63, 3.8) is 0 Å². The zero-order valence-corrected chi connectivity index (χ0v) is 15.4. The molecule has 1 aromatic rings. The molecular formula is C18H28N4O3. The maximum absolute atomic E-state index is 12.3. The molecule has 7 nitrogen and oxygen atoms in total. The number of carbonyl (C=O) groups excluding carboxylic acids is 2. The number of imide groups is 1. The molecule has 0 spiro atoms. The van der Waals surface area contributed by atoms with Crippen LogP contribution in [0.2, 0.25) is 0 Å². The summed E-state index contributed by atoms with van der Waals surface area (Å²) in [6.45, 7) is 10.4. The minimum atomic E-state index is -0.466. The number of hydrogen-bond donors (Lipinski definition) is 3. The predicted molar refractivity (Wildman–Crippen MR) is 97.8 cm³/mol. The van der Waals surface area contributed by atoms with Crippen LogP contribution in [0.3, 0.4) is 0 Å². The van der Waals surface area contributed by atoms with Gasteiger partial charge in [-0.05, 0) is 52.0 Å². The molecule has 2 rings (SSSR count). The molecule has 0 radical (unpaired) electrons. The maximum Gasteiger partial charge on any atom is 0.321 e. The van der Waals surface area contributed by atoms with Crippen molar-refractivity contribution in [3.8, 4) is 5.75 Å². The number of hydrogen-bond acceptors (Lipinski definition) is 5. The van der Waals surface area contributed by atoms with Crippen LogP contribution >= 0.6 is 0 Å². The molecule has 0 aromatic heterocycles. The fraction of sp³-hybridized carbons (Fsp3) is 0.556. The lowest BCUT2D eigenvalue weighted by molar-refractivity contribution is -0.124. The van der Waals surface area contributed by atoms with Crippen LogP contribution in [0.5, 0.6) is 5.75 Å². The average molecular weight is 348 g/mol. The fourth-order valence-electron chi connectivity index (χ4n) is 2.78. The molecule has 1 heterocycles. The van der Waals surface area contributed by atoms with Gasteiger partial charge in [0.15, 0.2) is 0 Å². The standard InChI is InChI=1S/C18H28N4O3/c1-13(16(24)19-17(25)20-18(2,3)4)21-9-11-22(12-10-21)14-5-7-15(23)8-6-14/h5-8,13,23H,9-12H2,1-4H3,(H2,19,20,24,25)/t13-/m1/s1. The summed E-state index contributed by atoms with van der Waals surface area (Å²) < 4.78 is 0. The number of phenols is 1. The summed E-state index contributed by atoms with van der Waals surface area (Å²) in [6.07, 6.45) is 0. The van der Waals surface area contributed by atoms with Gasteiger partial charge in [-0.3, -0.25) is 15.0 Å². The van der Waals surface area contributed by atoms with Crippen molar-refractivity contribution < 1.29 is 14.7 Å². The first kappa shape index (κ1) is 19.1. The Labute approximate surface area is 149 Å². The molecule has 3 N–H and O–H groups in total. The molecule has 1 aromatic carbocycles. The first-order valence-corrected chi connectivity index (χ1v) is 8.57. The summed E-state index contributed by atoms with van der Waals surface area (Å²) in [5, 5.41) is 14.5. The maximum atomic E-state index is 12.3. The van der Waals surface area contributed by atoms with Crippen LogP contribution in [-0.2, 0) is 4.79 Å². The van der Waals surface area contributed by atoms with Crippen LogP contribution < -0.4 is 15.5 Å². The van der Waals surface area contributed by atoms with Gasteiger partial charge < -0.3 is 15.3 Å². The molecule has 1 fully saturated rings. The summed E-state index contributed by atoms with van der Waals surface area (Å²) in [5.74, 6) is -0.0407. The third kappa shape index (κ3) is 5.63. The van der Waals surface area contributed by atoms with Crippen LogP contribution in [0.1, 0.15) is 27.7 Å². The molecule has 7 heteroatoms. The van der Waals surface area contributed by atoms with E-state index in [0.717, 1.165) is 31.9 Å². The van der Waals surface area contributed by atoms with Gasteiger partial charge in [0.05, 0.1) is 6.04 Å². The summed E-state index contributed by atoms with van der Waals surface area (Å²) >= 11 is 0. The topological polar surface area (TPSA) is 84.9 Å². The summed E-state index contributed by atoms with van der Waals surface area (Å²) in [5.41, 5.74) is 0.669. The minimum absolute atomic E-state index is 0.251. The summed E-state index contributed by atoms with van der Waals surface area (Å²) in [6, 6.07) is 6.28. The van der Waals surface area contributed by atoms with E-state index in [1.165, 1.54) is 0 Å². The van der Waals surface area contributed by atoms with Gasteiger partial charge in [0.2, 0.25) is 5.91 Å². The Bertz CT molecular complexity index is 602. The Morgan fingerprint density at radius 1 is 1.08 bits per heavy atom. The molecule has 1 aliphatic heterocycles. The van der Waals surface area contributed by atoms with E-state index >= 15 is 0 Å². The lowest BCUT2D eigenvalue weighted by Crippen LogP contribution is -2.56. The Morgan fingerprint density at radius 2 is 1.64 bits per heavy atom. The Kier molecular flexibility index (Phi) is 5.89. The molecule has 138 valence electrons. The quantitative estimate of drug-likeness (QED) is 0.771. The van der Waals surface area contributed by atoms with Crippen LogP contribution in [0.25, 0.3) is 0 Å². The average Bonchev–Trinajstić information content (AvgIpc) is 2.53. The van der Waals surface area contributed by atoms with Crippen molar-refractivity contribution in [2.75, 3.05) is 31.1 Å². The number of phenolic OH excluding ortho intramolecular Hbond substituents is 1. The predicted octanol–water partition coefficient (Wildman–Crippen LogP) is 1.53. The zero-order chi connectivity index (χ0) is 18.6. The number of rotatable bonds is 3. The highest BCUT2D eigenvalue weighted by atomic mass is 16.3. The van der Waals surface area contributed by atoms with E-state index in [-0.39, 0.29) is 23.2 Å². The van der Waals surface area contributed by atoms with Crippen LogP contribution in [0.15, 0.2) is 24.3 Å². The molecule has 0 unspecified atom stereocenters. The number of carbonyl (C=O) groups is 2. The molecule has 3 amide bonds. The monoisotopic (exact) mass is 348 g/mol. The first-order chi connectivity index (χ1) is 11.7. The highest BCUT2D eigenvalue weighted by Gasteiger charge is 2.27. The SMILES string of the molecule is C[C@H](C(=O)NC(=O)NC(C)(C)C)N1CCN(c2ccc(O)cc2)CC1. The van der Waals surface area contributed by atoms with E-state index in [9.17, 15) is 14.7 Å². The van der Waals surface area contributed by atoms with Crippen LogP contribution in [-0.4, -0.2) is 59.7 Å². The zero-order valence-electron chi connectivity index (χ0n) is 15.4. The number of nitrogens with one attached hydrogen (secondary N) is 2. The Balaban J connectivity index is 1.84. The van der Waals surface area contributed by atoms with Crippen LogP contribution in [0, 0.1) is 0 Å². The van der Waals surface area contributed by atoms with Crippen molar-refractivity contribution in [3.05, 3.63) is 24.3 Å². The molecule has 0 saturated carbocycles. The second-order valence-electron chi connectivity index (χ2n) is 7.41. The highest BCUT2D eigenvalue weighted by molar-refractivity contribution is 5.97. The number of anilines is 1. The van der Waals surface area contributed by atoms with Gasteiger partial charge in [0, 0.05) is 37.4 Å². The number of piperazine rings is 1. The van der Waals surface area contributed by atoms with Gasteiger partial charge in [-0.15, -0.1) is 0 Å². The number of amides is 3. The number of nitrogens with zero attached hydrogens (tertiary/aromatic N) is 2. The second kappa shape index (κ2) is 7.74. The molecule has 25 heavy (non-hydrogen) atoms. The van der Waals surface area contributed by atoms with Gasteiger partial charge in [-0.2, -0.15) is 0 Å². The molecule has 1 atom stereocenters. The van der Waals surface area contributed by atoms with E-state index in [1.807, 2.05) is 39.8 Å². The van der Waals surface area contributed by atoms with Gasteiger partial charge in [-0.1, -0.05) is 0 Å². The lowest BCUT2D eigenvalue weighted by Gasteiger charge is -2.38.